The first kappa shape index (κ1) is 27.1. The first-order chi connectivity index (χ1) is 17.4. The second-order valence-electron chi connectivity index (χ2n) is 8.95. The first-order valence-corrected chi connectivity index (χ1v) is 12.4. The third-order valence-electron chi connectivity index (χ3n) is 6.04. The van der Waals surface area contributed by atoms with Crippen LogP contribution in [-0.2, 0) is 22.5 Å². The molecule has 0 atom stereocenters. The summed E-state index contributed by atoms with van der Waals surface area (Å²) in [6.07, 6.45) is 3.38. The highest BCUT2D eigenvalue weighted by atomic mass is 16.5. The van der Waals surface area contributed by atoms with Crippen molar-refractivity contribution >= 4 is 22.8 Å². The molecule has 0 unspecified atom stereocenters. The van der Waals surface area contributed by atoms with Crippen molar-refractivity contribution in [2.75, 3.05) is 54.1 Å². The van der Waals surface area contributed by atoms with Crippen LogP contribution in [0.15, 0.2) is 54.7 Å². The van der Waals surface area contributed by atoms with Gasteiger partial charge in [0.15, 0.2) is 0 Å². The molecule has 0 saturated heterocycles. The van der Waals surface area contributed by atoms with Crippen molar-refractivity contribution in [3.8, 4) is 5.75 Å². The lowest BCUT2D eigenvalue weighted by Gasteiger charge is -2.29. The van der Waals surface area contributed by atoms with E-state index in [2.05, 4.69) is 11.1 Å². The second-order valence-corrected chi connectivity index (χ2v) is 8.95. The zero-order valence-electron chi connectivity index (χ0n) is 21.8. The maximum absolute atomic E-state index is 13.6. The summed E-state index contributed by atoms with van der Waals surface area (Å²) in [6.45, 7) is 4.55. The van der Waals surface area contributed by atoms with Crippen LogP contribution >= 0.6 is 0 Å². The summed E-state index contributed by atoms with van der Waals surface area (Å²) in [7, 11) is 5.03. The van der Waals surface area contributed by atoms with E-state index in [0.29, 0.717) is 45.7 Å². The topological polar surface area (TPSA) is 78.1 Å². The highest BCUT2D eigenvalue weighted by Gasteiger charge is 2.23. The van der Waals surface area contributed by atoms with Gasteiger partial charge in [0.1, 0.15) is 12.3 Å². The van der Waals surface area contributed by atoms with E-state index < -0.39 is 0 Å². The predicted octanol–water partition coefficient (Wildman–Crippen LogP) is 4.16. The van der Waals surface area contributed by atoms with Crippen molar-refractivity contribution in [2.24, 2.45) is 0 Å². The first-order valence-electron chi connectivity index (χ1n) is 12.4. The zero-order valence-corrected chi connectivity index (χ0v) is 21.8. The summed E-state index contributed by atoms with van der Waals surface area (Å²) in [5, 5.41) is 1.16. The lowest BCUT2D eigenvalue weighted by atomic mass is 10.1. The van der Waals surface area contributed by atoms with Crippen molar-refractivity contribution in [2.45, 2.75) is 26.3 Å². The molecule has 0 fully saturated rings. The molecule has 1 N–H and O–H groups in total. The number of nitrogens with one attached hydrogen (secondary N) is 1. The number of rotatable bonds is 13. The molecule has 0 aliphatic rings. The van der Waals surface area contributed by atoms with E-state index in [1.807, 2.05) is 60.5 Å². The minimum absolute atomic E-state index is 0.0195. The van der Waals surface area contributed by atoms with Gasteiger partial charge in [-0.1, -0.05) is 30.3 Å². The van der Waals surface area contributed by atoms with Crippen LogP contribution in [0.1, 0.15) is 24.5 Å². The summed E-state index contributed by atoms with van der Waals surface area (Å²) in [6, 6.07) is 15.8. The smallest absolute Gasteiger partial charge is 0.319 e. The summed E-state index contributed by atoms with van der Waals surface area (Å²) in [4.78, 5) is 34.6. The Morgan fingerprint density at radius 3 is 2.42 bits per heavy atom. The summed E-state index contributed by atoms with van der Waals surface area (Å²) >= 11 is 0. The molecule has 8 heteroatoms. The Bertz CT molecular complexity index is 1110. The van der Waals surface area contributed by atoms with Gasteiger partial charge in [-0.05, 0) is 49.1 Å². The van der Waals surface area contributed by atoms with Crippen molar-refractivity contribution in [1.82, 2.24) is 19.7 Å². The van der Waals surface area contributed by atoms with Crippen LogP contribution in [0.25, 0.3) is 10.9 Å². The standard InChI is InChI=1S/C28H38N4O4/c1-5-36-24-13-11-22(12-14-24)20-31(17-15-23-19-29-26-10-7-6-9-25(23)26)27(33)21-32(16-8-18-35-4)28(34)30(2)3/h6-7,9-14,19,29H,5,8,15-18,20-21H2,1-4H3. The fraction of sp³-hybridized carbons (Fsp3) is 0.429. The van der Waals surface area contributed by atoms with Gasteiger partial charge in [0.2, 0.25) is 5.91 Å². The Morgan fingerprint density at radius 2 is 1.72 bits per heavy atom. The van der Waals surface area contributed by atoms with Gasteiger partial charge in [0.25, 0.3) is 0 Å². The molecule has 2 aromatic carbocycles. The average molecular weight is 495 g/mol. The Kier molecular flexibility index (Phi) is 10.2. The minimum Gasteiger partial charge on any atom is -0.494 e. The Labute approximate surface area is 213 Å². The number of ether oxygens (including phenoxy) is 2. The number of para-hydroxylation sites is 1. The molecule has 0 spiro atoms. The number of amides is 3. The van der Waals surface area contributed by atoms with Crippen LogP contribution in [0.4, 0.5) is 4.79 Å². The van der Waals surface area contributed by atoms with Crippen LogP contribution < -0.4 is 4.74 Å². The number of fused-ring (bicyclic) bond motifs is 1. The van der Waals surface area contributed by atoms with E-state index in [0.717, 1.165) is 27.8 Å². The summed E-state index contributed by atoms with van der Waals surface area (Å²) in [5.74, 6) is 0.718. The maximum atomic E-state index is 13.6. The number of carbonyl (C=O) groups excluding carboxylic acids is 2. The van der Waals surface area contributed by atoms with Gasteiger partial charge in [-0.3, -0.25) is 4.79 Å². The normalized spacial score (nSPS) is 10.9. The maximum Gasteiger partial charge on any atom is 0.319 e. The van der Waals surface area contributed by atoms with Gasteiger partial charge in [-0.15, -0.1) is 0 Å². The van der Waals surface area contributed by atoms with Crippen molar-refractivity contribution in [1.29, 1.82) is 0 Å². The summed E-state index contributed by atoms with van der Waals surface area (Å²) in [5.41, 5.74) is 3.25. The van der Waals surface area contributed by atoms with Gasteiger partial charge < -0.3 is 29.2 Å². The van der Waals surface area contributed by atoms with Gasteiger partial charge in [0, 0.05) is 64.5 Å². The summed E-state index contributed by atoms with van der Waals surface area (Å²) < 4.78 is 10.7. The highest BCUT2D eigenvalue weighted by Crippen LogP contribution is 2.19. The quantitative estimate of drug-likeness (QED) is 0.362. The number of hydrogen-bond donors (Lipinski definition) is 1. The SMILES string of the molecule is CCOc1ccc(CN(CCc2c[nH]c3ccccc23)C(=O)CN(CCCOC)C(=O)N(C)C)cc1. The molecule has 1 aromatic heterocycles. The van der Waals surface area contributed by atoms with Crippen LogP contribution in [-0.4, -0.2) is 85.7 Å². The van der Waals surface area contributed by atoms with E-state index in [1.54, 1.807) is 26.1 Å². The van der Waals surface area contributed by atoms with Crippen molar-refractivity contribution in [3.63, 3.8) is 0 Å². The van der Waals surface area contributed by atoms with E-state index in [4.69, 9.17) is 9.47 Å². The van der Waals surface area contributed by atoms with Gasteiger partial charge in [0.05, 0.1) is 6.61 Å². The second kappa shape index (κ2) is 13.5. The Balaban J connectivity index is 1.77. The molecular formula is C28H38N4O4. The van der Waals surface area contributed by atoms with E-state index in [1.165, 1.54) is 4.90 Å². The van der Waals surface area contributed by atoms with Crippen LogP contribution in [0.3, 0.4) is 0 Å². The predicted molar refractivity (Wildman–Crippen MR) is 142 cm³/mol. The molecular weight excluding hydrogens is 456 g/mol. The number of methoxy groups -OCH3 is 1. The highest BCUT2D eigenvalue weighted by molar-refractivity contribution is 5.85. The number of hydrogen-bond acceptors (Lipinski definition) is 4. The number of aromatic amines is 1. The molecule has 0 radical (unpaired) electrons. The number of urea groups is 1. The molecule has 36 heavy (non-hydrogen) atoms. The van der Waals surface area contributed by atoms with Crippen LogP contribution in [0.2, 0.25) is 0 Å². The van der Waals surface area contributed by atoms with Crippen molar-refractivity contribution in [3.05, 3.63) is 65.9 Å². The minimum atomic E-state index is -0.183. The van der Waals surface area contributed by atoms with E-state index in [9.17, 15) is 9.59 Å². The molecule has 8 nitrogen and oxygen atoms in total. The molecule has 3 amide bonds. The van der Waals surface area contributed by atoms with Crippen molar-refractivity contribution < 1.29 is 19.1 Å². The lowest BCUT2D eigenvalue weighted by molar-refractivity contribution is -0.132. The number of carbonyl (C=O) groups is 2. The van der Waals surface area contributed by atoms with Crippen LogP contribution in [0, 0.1) is 0 Å². The fourth-order valence-electron chi connectivity index (χ4n) is 4.15. The molecule has 0 aliphatic carbocycles. The van der Waals surface area contributed by atoms with Crippen LogP contribution in [0.5, 0.6) is 5.75 Å². The largest absolute Gasteiger partial charge is 0.494 e. The zero-order chi connectivity index (χ0) is 25.9. The molecule has 0 saturated carbocycles. The number of benzene rings is 2. The van der Waals surface area contributed by atoms with Gasteiger partial charge in [-0.2, -0.15) is 0 Å². The third-order valence-corrected chi connectivity index (χ3v) is 6.04. The van der Waals surface area contributed by atoms with Gasteiger partial charge in [-0.25, -0.2) is 4.79 Å². The van der Waals surface area contributed by atoms with E-state index >= 15 is 0 Å². The third kappa shape index (κ3) is 7.49. The number of H-pyrrole nitrogens is 1. The Hall–Kier alpha value is -3.52. The molecule has 3 aromatic rings. The number of nitrogens with zero attached hydrogens (tertiary/aromatic N) is 3. The average Bonchev–Trinajstić information content (AvgIpc) is 3.29. The fourth-order valence-corrected chi connectivity index (χ4v) is 4.15. The molecule has 194 valence electrons. The van der Waals surface area contributed by atoms with Gasteiger partial charge >= 0.3 is 6.03 Å². The molecule has 1 heterocycles. The number of aromatic nitrogens is 1. The van der Waals surface area contributed by atoms with E-state index in [-0.39, 0.29) is 18.5 Å². The molecule has 0 aliphatic heterocycles. The Morgan fingerprint density at radius 1 is 0.972 bits per heavy atom. The molecule has 0 bridgehead atoms. The lowest BCUT2D eigenvalue weighted by Crippen LogP contribution is -2.47. The molecule has 3 rings (SSSR count). The monoisotopic (exact) mass is 494 g/mol.